The van der Waals surface area contributed by atoms with E-state index in [1.807, 2.05) is 53.9 Å². The molecule has 6 heteroatoms. The highest BCUT2D eigenvalue weighted by molar-refractivity contribution is 7.99. The Bertz CT molecular complexity index is 733. The van der Waals surface area contributed by atoms with E-state index in [-0.39, 0.29) is 11.9 Å². The van der Waals surface area contributed by atoms with Gasteiger partial charge < -0.3 is 5.32 Å². The van der Waals surface area contributed by atoms with Crippen LogP contribution in [-0.4, -0.2) is 21.6 Å². The minimum atomic E-state index is -0.215. The maximum Gasteiger partial charge on any atom is 0.231 e. The van der Waals surface area contributed by atoms with Gasteiger partial charge in [0.25, 0.3) is 0 Å². The third-order valence-electron chi connectivity index (χ3n) is 3.13. The molecule has 4 nitrogen and oxygen atoms in total. The number of pyridine rings is 1. The number of thioether (sulfide) groups is 1. The molecule has 1 amide bonds. The molecular formula is C17H15N3OS2. The lowest BCUT2D eigenvalue weighted by Crippen LogP contribution is -2.30. The number of hydrogen-bond acceptors (Lipinski definition) is 5. The molecule has 1 N–H and O–H groups in total. The molecule has 0 fully saturated rings. The van der Waals surface area contributed by atoms with Gasteiger partial charge in [-0.15, -0.1) is 11.3 Å². The molecule has 2 heterocycles. The number of thiazole rings is 1. The molecule has 0 aliphatic rings. The van der Waals surface area contributed by atoms with Crippen LogP contribution in [0.1, 0.15) is 16.6 Å². The second-order valence-corrected chi connectivity index (χ2v) is 6.66. The second kappa shape index (κ2) is 7.89. The third-order valence-corrected chi connectivity index (χ3v) is 4.91. The van der Waals surface area contributed by atoms with Gasteiger partial charge in [-0.2, -0.15) is 0 Å². The summed E-state index contributed by atoms with van der Waals surface area (Å²) in [5, 5.41) is 6.71. The largest absolute Gasteiger partial charge is 0.342 e. The molecule has 0 spiro atoms. The van der Waals surface area contributed by atoms with Gasteiger partial charge >= 0.3 is 0 Å². The molecule has 1 unspecified atom stereocenters. The Morgan fingerprint density at radius 3 is 2.61 bits per heavy atom. The molecule has 1 atom stereocenters. The summed E-state index contributed by atoms with van der Waals surface area (Å²) in [6, 6.07) is 15.3. The quantitative estimate of drug-likeness (QED) is 0.697. The van der Waals surface area contributed by atoms with Crippen molar-refractivity contribution in [2.24, 2.45) is 0 Å². The molecule has 2 aromatic heterocycles. The number of nitrogens with one attached hydrogen (secondary N) is 1. The van der Waals surface area contributed by atoms with Crippen LogP contribution in [0.5, 0.6) is 0 Å². The zero-order valence-electron chi connectivity index (χ0n) is 12.3. The van der Waals surface area contributed by atoms with Crippen LogP contribution in [-0.2, 0) is 4.79 Å². The van der Waals surface area contributed by atoms with Crippen LogP contribution in [0.4, 0.5) is 0 Å². The van der Waals surface area contributed by atoms with E-state index in [2.05, 4.69) is 15.3 Å². The molecule has 23 heavy (non-hydrogen) atoms. The van der Waals surface area contributed by atoms with Gasteiger partial charge in [-0.3, -0.25) is 4.79 Å². The SMILES string of the molecule is O=C(CSc1ccccn1)NC(c1ccccc1)c1nccs1. The molecular weight excluding hydrogens is 326 g/mol. The monoisotopic (exact) mass is 341 g/mol. The zero-order chi connectivity index (χ0) is 15.9. The number of amides is 1. The highest BCUT2D eigenvalue weighted by Gasteiger charge is 2.19. The van der Waals surface area contributed by atoms with Gasteiger partial charge in [-0.25, -0.2) is 9.97 Å². The van der Waals surface area contributed by atoms with Crippen molar-refractivity contribution in [3.05, 3.63) is 76.9 Å². The van der Waals surface area contributed by atoms with Crippen molar-refractivity contribution >= 4 is 29.0 Å². The summed E-state index contributed by atoms with van der Waals surface area (Å²) in [6.07, 6.45) is 3.48. The Kier molecular flexibility index (Phi) is 5.39. The summed E-state index contributed by atoms with van der Waals surface area (Å²) in [4.78, 5) is 20.9. The molecule has 116 valence electrons. The number of carbonyl (C=O) groups is 1. The highest BCUT2D eigenvalue weighted by Crippen LogP contribution is 2.24. The Morgan fingerprint density at radius 1 is 1.09 bits per heavy atom. The van der Waals surface area contributed by atoms with Crippen LogP contribution in [0.15, 0.2) is 71.3 Å². The van der Waals surface area contributed by atoms with Gasteiger partial charge in [-0.1, -0.05) is 48.2 Å². The van der Waals surface area contributed by atoms with E-state index in [4.69, 9.17) is 0 Å². The molecule has 1 aromatic carbocycles. The van der Waals surface area contributed by atoms with Crippen molar-refractivity contribution in [3.63, 3.8) is 0 Å². The molecule has 3 rings (SSSR count). The predicted octanol–water partition coefficient (Wildman–Crippen LogP) is 3.54. The van der Waals surface area contributed by atoms with Gasteiger partial charge in [0.1, 0.15) is 11.0 Å². The summed E-state index contributed by atoms with van der Waals surface area (Å²) in [6.45, 7) is 0. The standard InChI is InChI=1S/C17H15N3OS2/c21-14(12-23-15-8-4-5-9-18-15)20-16(17-19-10-11-22-17)13-6-2-1-3-7-13/h1-11,16H,12H2,(H,20,21). The Balaban J connectivity index is 1.68. The fourth-order valence-electron chi connectivity index (χ4n) is 2.08. The van der Waals surface area contributed by atoms with E-state index >= 15 is 0 Å². The summed E-state index contributed by atoms with van der Waals surface area (Å²) >= 11 is 2.96. The molecule has 0 bridgehead atoms. The first kappa shape index (κ1) is 15.7. The van der Waals surface area contributed by atoms with E-state index in [0.717, 1.165) is 15.6 Å². The van der Waals surface area contributed by atoms with Crippen molar-refractivity contribution in [2.75, 3.05) is 5.75 Å². The van der Waals surface area contributed by atoms with Crippen molar-refractivity contribution in [3.8, 4) is 0 Å². The molecule has 3 aromatic rings. The van der Waals surface area contributed by atoms with Gasteiger partial charge in [0.15, 0.2) is 0 Å². The number of hydrogen-bond donors (Lipinski definition) is 1. The predicted molar refractivity (Wildman–Crippen MR) is 93.5 cm³/mol. The van der Waals surface area contributed by atoms with Gasteiger partial charge in [0.2, 0.25) is 5.91 Å². The maximum atomic E-state index is 12.3. The summed E-state index contributed by atoms with van der Waals surface area (Å²) in [7, 11) is 0. The van der Waals surface area contributed by atoms with Crippen LogP contribution >= 0.6 is 23.1 Å². The number of carbonyl (C=O) groups excluding carboxylic acids is 1. The van der Waals surface area contributed by atoms with Crippen molar-refractivity contribution in [1.82, 2.24) is 15.3 Å². The molecule has 0 radical (unpaired) electrons. The van der Waals surface area contributed by atoms with Gasteiger partial charge in [0.05, 0.1) is 10.8 Å². The fraction of sp³-hybridized carbons (Fsp3) is 0.118. The van der Waals surface area contributed by atoms with E-state index < -0.39 is 0 Å². The number of rotatable bonds is 6. The molecule has 0 saturated carbocycles. The van der Waals surface area contributed by atoms with E-state index in [0.29, 0.717) is 5.75 Å². The lowest BCUT2D eigenvalue weighted by Gasteiger charge is -2.17. The third kappa shape index (κ3) is 4.40. The summed E-state index contributed by atoms with van der Waals surface area (Å²) in [5.41, 5.74) is 1.03. The van der Waals surface area contributed by atoms with E-state index in [9.17, 15) is 4.79 Å². The number of benzene rings is 1. The lowest BCUT2D eigenvalue weighted by atomic mass is 10.1. The van der Waals surface area contributed by atoms with Crippen molar-refractivity contribution in [2.45, 2.75) is 11.1 Å². The average Bonchev–Trinajstić information content (AvgIpc) is 3.14. The normalized spacial score (nSPS) is 11.8. The average molecular weight is 341 g/mol. The smallest absolute Gasteiger partial charge is 0.231 e. The topological polar surface area (TPSA) is 54.9 Å². The van der Waals surface area contributed by atoms with Gasteiger partial charge in [-0.05, 0) is 17.7 Å². The van der Waals surface area contributed by atoms with Crippen molar-refractivity contribution < 1.29 is 4.79 Å². The Hall–Kier alpha value is -2.18. The highest BCUT2D eigenvalue weighted by atomic mass is 32.2. The first-order valence-electron chi connectivity index (χ1n) is 7.10. The molecule has 0 aliphatic heterocycles. The summed E-state index contributed by atoms with van der Waals surface area (Å²) < 4.78 is 0. The van der Waals surface area contributed by atoms with Crippen LogP contribution in [0.25, 0.3) is 0 Å². The number of aromatic nitrogens is 2. The minimum absolute atomic E-state index is 0.0373. The fourth-order valence-corrected chi connectivity index (χ4v) is 3.47. The Labute approximate surface area is 143 Å². The van der Waals surface area contributed by atoms with Crippen LogP contribution < -0.4 is 5.32 Å². The molecule has 0 aliphatic carbocycles. The lowest BCUT2D eigenvalue weighted by molar-refractivity contribution is -0.119. The van der Waals surface area contributed by atoms with E-state index in [1.54, 1.807) is 12.4 Å². The van der Waals surface area contributed by atoms with Crippen LogP contribution in [0.3, 0.4) is 0 Å². The second-order valence-electron chi connectivity index (χ2n) is 4.74. The van der Waals surface area contributed by atoms with Crippen LogP contribution in [0.2, 0.25) is 0 Å². The zero-order valence-corrected chi connectivity index (χ0v) is 13.9. The van der Waals surface area contributed by atoms with Gasteiger partial charge in [0, 0.05) is 17.8 Å². The first-order valence-corrected chi connectivity index (χ1v) is 8.97. The Morgan fingerprint density at radius 2 is 1.91 bits per heavy atom. The summed E-state index contributed by atoms with van der Waals surface area (Å²) in [5.74, 6) is 0.288. The van der Waals surface area contributed by atoms with Crippen LogP contribution in [0, 0.1) is 0 Å². The maximum absolute atomic E-state index is 12.3. The van der Waals surface area contributed by atoms with E-state index in [1.165, 1.54) is 23.1 Å². The minimum Gasteiger partial charge on any atom is -0.342 e. The number of nitrogens with zero attached hydrogens (tertiary/aromatic N) is 2. The first-order chi connectivity index (χ1) is 11.3. The van der Waals surface area contributed by atoms with Crippen molar-refractivity contribution in [1.29, 1.82) is 0 Å². The molecule has 0 saturated heterocycles.